The maximum atomic E-state index is 11.6. The van der Waals surface area contributed by atoms with Gasteiger partial charge in [-0.15, -0.1) is 0 Å². The minimum atomic E-state index is 0.0869. The Morgan fingerprint density at radius 2 is 2.17 bits per heavy atom. The largest absolute Gasteiger partial charge is 0.350 e. The van der Waals surface area contributed by atoms with Crippen molar-refractivity contribution in [2.45, 2.75) is 46.2 Å². The molecule has 0 spiro atoms. The van der Waals surface area contributed by atoms with Gasteiger partial charge in [0.1, 0.15) is 0 Å². The van der Waals surface area contributed by atoms with E-state index in [1.807, 2.05) is 25.1 Å². The number of nitrogens with zero attached hydrogens (tertiary/aromatic N) is 1. The summed E-state index contributed by atoms with van der Waals surface area (Å²) in [5, 5.41) is 6.17. The van der Waals surface area contributed by atoms with Gasteiger partial charge < -0.3 is 10.6 Å². The zero-order valence-electron chi connectivity index (χ0n) is 11.5. The van der Waals surface area contributed by atoms with Gasteiger partial charge in [0.25, 0.3) is 0 Å². The van der Waals surface area contributed by atoms with Gasteiger partial charge in [-0.3, -0.25) is 9.78 Å². The lowest BCUT2D eigenvalue weighted by atomic mass is 10.2. The highest BCUT2D eigenvalue weighted by atomic mass is 16.1. The zero-order valence-corrected chi connectivity index (χ0v) is 11.5. The number of amides is 1. The molecule has 2 N–H and O–H groups in total. The first-order valence-electron chi connectivity index (χ1n) is 6.50. The van der Waals surface area contributed by atoms with E-state index in [-0.39, 0.29) is 5.91 Å². The second-order valence-electron chi connectivity index (χ2n) is 4.76. The number of nitrogens with one attached hydrogen (secondary N) is 2. The summed E-state index contributed by atoms with van der Waals surface area (Å²) in [7, 11) is 0. The van der Waals surface area contributed by atoms with E-state index in [0.717, 1.165) is 24.4 Å². The van der Waals surface area contributed by atoms with Crippen LogP contribution in [0.15, 0.2) is 18.2 Å². The van der Waals surface area contributed by atoms with Crippen LogP contribution in [0.3, 0.4) is 0 Å². The summed E-state index contributed by atoms with van der Waals surface area (Å²) in [5.74, 6) is 0.0869. The Morgan fingerprint density at radius 1 is 1.39 bits per heavy atom. The lowest BCUT2D eigenvalue weighted by Crippen LogP contribution is -2.27. The fourth-order valence-corrected chi connectivity index (χ4v) is 1.62. The smallest absolute Gasteiger partial charge is 0.220 e. The van der Waals surface area contributed by atoms with Gasteiger partial charge in [-0.05, 0) is 32.0 Å². The van der Waals surface area contributed by atoms with Gasteiger partial charge in [0, 0.05) is 18.2 Å². The van der Waals surface area contributed by atoms with E-state index in [2.05, 4.69) is 29.5 Å². The van der Waals surface area contributed by atoms with E-state index in [9.17, 15) is 4.79 Å². The SMILES string of the molecule is Cc1cccc(CNC(=O)CCCNC(C)C)n1. The van der Waals surface area contributed by atoms with E-state index in [4.69, 9.17) is 0 Å². The number of carbonyl (C=O) groups is 1. The molecule has 4 nitrogen and oxygen atoms in total. The molecule has 4 heteroatoms. The Bertz CT molecular complexity index is 377. The minimum absolute atomic E-state index is 0.0869. The predicted molar refractivity (Wildman–Crippen MR) is 73.2 cm³/mol. The summed E-state index contributed by atoms with van der Waals surface area (Å²) in [6.45, 7) is 7.54. The Morgan fingerprint density at radius 3 is 2.83 bits per heavy atom. The van der Waals surface area contributed by atoms with Gasteiger partial charge in [-0.25, -0.2) is 0 Å². The molecule has 0 fully saturated rings. The second-order valence-corrected chi connectivity index (χ2v) is 4.76. The fraction of sp³-hybridized carbons (Fsp3) is 0.571. The molecular weight excluding hydrogens is 226 g/mol. The maximum absolute atomic E-state index is 11.6. The summed E-state index contributed by atoms with van der Waals surface area (Å²) in [4.78, 5) is 15.9. The quantitative estimate of drug-likeness (QED) is 0.724. The molecule has 1 amide bonds. The van der Waals surface area contributed by atoms with Crippen molar-refractivity contribution >= 4 is 5.91 Å². The van der Waals surface area contributed by atoms with Crippen LogP contribution in [0.4, 0.5) is 0 Å². The number of carbonyl (C=O) groups excluding carboxylic acids is 1. The van der Waals surface area contributed by atoms with Gasteiger partial charge in [0.15, 0.2) is 0 Å². The van der Waals surface area contributed by atoms with Crippen LogP contribution in [0.25, 0.3) is 0 Å². The van der Waals surface area contributed by atoms with Crippen molar-refractivity contribution < 1.29 is 4.79 Å². The van der Waals surface area contributed by atoms with Crippen LogP contribution in [0.1, 0.15) is 38.1 Å². The molecule has 18 heavy (non-hydrogen) atoms. The molecule has 0 unspecified atom stereocenters. The number of hydrogen-bond acceptors (Lipinski definition) is 3. The van der Waals surface area contributed by atoms with Gasteiger partial charge in [-0.1, -0.05) is 19.9 Å². The highest BCUT2D eigenvalue weighted by Crippen LogP contribution is 1.98. The first-order valence-corrected chi connectivity index (χ1v) is 6.50. The highest BCUT2D eigenvalue weighted by molar-refractivity contribution is 5.75. The van der Waals surface area contributed by atoms with E-state index >= 15 is 0 Å². The van der Waals surface area contributed by atoms with Crippen LogP contribution in [-0.2, 0) is 11.3 Å². The van der Waals surface area contributed by atoms with Crippen molar-refractivity contribution in [1.82, 2.24) is 15.6 Å². The van der Waals surface area contributed by atoms with Gasteiger partial charge in [-0.2, -0.15) is 0 Å². The molecule has 1 heterocycles. The molecule has 0 radical (unpaired) electrons. The third kappa shape index (κ3) is 6.35. The Labute approximate surface area is 109 Å². The lowest BCUT2D eigenvalue weighted by molar-refractivity contribution is -0.121. The van der Waals surface area contributed by atoms with Crippen LogP contribution in [-0.4, -0.2) is 23.5 Å². The van der Waals surface area contributed by atoms with Crippen molar-refractivity contribution in [1.29, 1.82) is 0 Å². The molecule has 0 aliphatic heterocycles. The van der Waals surface area contributed by atoms with Crippen LogP contribution in [0, 0.1) is 6.92 Å². The van der Waals surface area contributed by atoms with Crippen molar-refractivity contribution in [2.24, 2.45) is 0 Å². The third-order valence-corrected chi connectivity index (χ3v) is 2.55. The van der Waals surface area contributed by atoms with Gasteiger partial charge in [0.05, 0.1) is 12.2 Å². The fourth-order valence-electron chi connectivity index (χ4n) is 1.62. The zero-order chi connectivity index (χ0) is 13.4. The Hall–Kier alpha value is -1.42. The average Bonchev–Trinajstić information content (AvgIpc) is 2.32. The normalized spacial score (nSPS) is 10.7. The summed E-state index contributed by atoms with van der Waals surface area (Å²) < 4.78 is 0. The minimum Gasteiger partial charge on any atom is -0.350 e. The van der Waals surface area contributed by atoms with Crippen molar-refractivity contribution in [3.63, 3.8) is 0 Å². The number of aryl methyl sites for hydroxylation is 1. The Kier molecular flexibility index (Phi) is 6.36. The monoisotopic (exact) mass is 249 g/mol. The molecule has 0 aliphatic carbocycles. The molecule has 0 saturated carbocycles. The number of aromatic nitrogens is 1. The topological polar surface area (TPSA) is 54.0 Å². The van der Waals surface area contributed by atoms with Gasteiger partial charge >= 0.3 is 0 Å². The predicted octanol–water partition coefficient (Wildman–Crippen LogP) is 1.78. The number of hydrogen-bond donors (Lipinski definition) is 2. The van der Waals surface area contributed by atoms with E-state index in [1.165, 1.54) is 0 Å². The Balaban J connectivity index is 2.17. The van der Waals surface area contributed by atoms with Crippen molar-refractivity contribution in [3.8, 4) is 0 Å². The molecule has 0 aromatic carbocycles. The molecule has 1 aromatic heterocycles. The molecule has 0 atom stereocenters. The lowest BCUT2D eigenvalue weighted by Gasteiger charge is -2.08. The first kappa shape index (κ1) is 14.6. The summed E-state index contributed by atoms with van der Waals surface area (Å²) in [6.07, 6.45) is 1.43. The molecule has 100 valence electrons. The summed E-state index contributed by atoms with van der Waals surface area (Å²) >= 11 is 0. The molecule has 0 bridgehead atoms. The molecular formula is C14H23N3O. The van der Waals surface area contributed by atoms with Crippen molar-refractivity contribution in [2.75, 3.05) is 6.54 Å². The third-order valence-electron chi connectivity index (χ3n) is 2.55. The van der Waals surface area contributed by atoms with Crippen LogP contribution in [0.5, 0.6) is 0 Å². The highest BCUT2D eigenvalue weighted by Gasteiger charge is 2.02. The van der Waals surface area contributed by atoms with Gasteiger partial charge in [0.2, 0.25) is 5.91 Å². The van der Waals surface area contributed by atoms with Crippen LogP contribution < -0.4 is 10.6 Å². The maximum Gasteiger partial charge on any atom is 0.220 e. The first-order chi connectivity index (χ1) is 8.58. The van der Waals surface area contributed by atoms with E-state index in [0.29, 0.717) is 19.0 Å². The molecule has 0 aliphatic rings. The molecule has 1 aromatic rings. The number of rotatable bonds is 7. The van der Waals surface area contributed by atoms with Crippen LogP contribution >= 0.6 is 0 Å². The van der Waals surface area contributed by atoms with E-state index in [1.54, 1.807) is 0 Å². The average molecular weight is 249 g/mol. The second kappa shape index (κ2) is 7.82. The van der Waals surface area contributed by atoms with E-state index < -0.39 is 0 Å². The summed E-state index contributed by atoms with van der Waals surface area (Å²) in [6, 6.07) is 6.30. The number of pyridine rings is 1. The molecule has 1 rings (SSSR count). The van der Waals surface area contributed by atoms with Crippen molar-refractivity contribution in [3.05, 3.63) is 29.6 Å². The van der Waals surface area contributed by atoms with Crippen LogP contribution in [0.2, 0.25) is 0 Å². The summed E-state index contributed by atoms with van der Waals surface area (Å²) in [5.41, 5.74) is 1.88. The molecule has 0 saturated heterocycles. The standard InChI is InChI=1S/C14H23N3O/c1-11(2)15-9-5-8-14(18)16-10-13-7-4-6-12(3)17-13/h4,6-7,11,15H,5,8-10H2,1-3H3,(H,16,18).